The van der Waals surface area contributed by atoms with Crippen molar-refractivity contribution >= 4 is 15.7 Å². The lowest BCUT2D eigenvalue weighted by Crippen LogP contribution is -2.15. The van der Waals surface area contributed by atoms with Crippen LogP contribution in [-0.2, 0) is 10.0 Å². The van der Waals surface area contributed by atoms with Crippen LogP contribution in [0, 0.1) is 6.92 Å². The number of nitrogens with zero attached hydrogens (tertiary/aromatic N) is 1. The number of nitrogens with two attached hydrogens (primary N) is 1. The zero-order valence-electron chi connectivity index (χ0n) is 16.4. The highest BCUT2D eigenvalue weighted by Crippen LogP contribution is 2.51. The highest BCUT2D eigenvalue weighted by Gasteiger charge is 2.31. The second kappa shape index (κ2) is 7.09. The van der Waals surface area contributed by atoms with Crippen molar-refractivity contribution in [1.29, 1.82) is 0 Å². The van der Waals surface area contributed by atoms with Gasteiger partial charge in [-0.2, -0.15) is 0 Å². The van der Waals surface area contributed by atoms with Crippen molar-refractivity contribution < 1.29 is 17.9 Å². The van der Waals surface area contributed by atoms with Crippen LogP contribution in [0.2, 0.25) is 0 Å². The minimum absolute atomic E-state index is 0.0669. The van der Waals surface area contributed by atoms with Gasteiger partial charge >= 0.3 is 0 Å². The van der Waals surface area contributed by atoms with Gasteiger partial charge in [0.2, 0.25) is 10.0 Å². The van der Waals surface area contributed by atoms with Crippen LogP contribution >= 0.6 is 0 Å². The maximum absolute atomic E-state index is 12.1. The smallest absolute Gasteiger partial charge is 0.268 e. The van der Waals surface area contributed by atoms with Crippen LogP contribution in [0.1, 0.15) is 17.4 Å². The van der Waals surface area contributed by atoms with E-state index < -0.39 is 16.3 Å². The summed E-state index contributed by atoms with van der Waals surface area (Å²) in [5, 5.41) is 5.45. The van der Waals surface area contributed by atoms with Crippen molar-refractivity contribution in [2.45, 2.75) is 18.1 Å². The summed E-state index contributed by atoms with van der Waals surface area (Å²) in [5.74, 6) is 1.18. The van der Waals surface area contributed by atoms with E-state index in [0.717, 1.165) is 16.8 Å². The molecule has 0 spiro atoms. The fourth-order valence-electron chi connectivity index (χ4n) is 3.56. The van der Waals surface area contributed by atoms with E-state index in [1.165, 1.54) is 6.07 Å². The maximum Gasteiger partial charge on any atom is 0.268 e. The van der Waals surface area contributed by atoms with Crippen LogP contribution in [-0.4, -0.2) is 22.5 Å². The number of aryl methyl sites for hydroxylation is 1. The normalized spacial score (nSPS) is 15.4. The minimum atomic E-state index is -3.89. The molecule has 0 aliphatic carbocycles. The van der Waals surface area contributed by atoms with E-state index in [1.807, 2.05) is 56.3 Å². The summed E-state index contributed by atoms with van der Waals surface area (Å²) >= 11 is 0. The third-order valence-corrected chi connectivity index (χ3v) is 5.77. The van der Waals surface area contributed by atoms with Gasteiger partial charge in [-0.1, -0.05) is 42.0 Å². The highest BCUT2D eigenvalue weighted by molar-refractivity contribution is 7.89. The van der Waals surface area contributed by atoms with E-state index in [1.54, 1.807) is 24.3 Å². The Bertz CT molecular complexity index is 1190. The third-order valence-electron chi connectivity index (χ3n) is 4.80. The maximum atomic E-state index is 12.1. The van der Waals surface area contributed by atoms with Crippen LogP contribution in [0.4, 0.5) is 5.69 Å². The van der Waals surface area contributed by atoms with E-state index >= 15 is 0 Å². The average Bonchev–Trinajstić information content (AvgIpc) is 3.10. The van der Waals surface area contributed by atoms with Gasteiger partial charge in [0.1, 0.15) is 0 Å². The Hall–Kier alpha value is -3.03. The number of anilines is 1. The molecule has 2 N–H and O–H groups in total. The molecule has 6 nitrogen and oxygen atoms in total. The standard InChI is InChI=1S/C22H22N2O4S/c1-14-7-6-8-15(13-14)22-27-18-12-11-17(20(24(2)3)21(18)28-22)16-9-4-5-10-19(16)29(23,25)26/h4-13,22H,1-3H3,(H2,23,25,26). The summed E-state index contributed by atoms with van der Waals surface area (Å²) in [6.07, 6.45) is -0.563. The molecule has 1 atom stereocenters. The van der Waals surface area contributed by atoms with Gasteiger partial charge in [0.15, 0.2) is 11.5 Å². The monoisotopic (exact) mass is 410 g/mol. The molecule has 29 heavy (non-hydrogen) atoms. The molecule has 7 heteroatoms. The van der Waals surface area contributed by atoms with Crippen molar-refractivity contribution in [3.8, 4) is 22.6 Å². The fraction of sp³-hybridized carbons (Fsp3) is 0.182. The largest absolute Gasteiger partial charge is 0.447 e. The first kappa shape index (κ1) is 19.3. The molecule has 0 saturated carbocycles. The molecule has 1 aliphatic rings. The molecular weight excluding hydrogens is 388 g/mol. The Morgan fingerprint density at radius 1 is 0.931 bits per heavy atom. The Balaban J connectivity index is 1.85. The summed E-state index contributed by atoms with van der Waals surface area (Å²) in [6, 6.07) is 18.3. The SMILES string of the molecule is Cc1cccc(C2Oc3ccc(-c4ccccc4S(N)(=O)=O)c(N(C)C)c3O2)c1. The summed E-state index contributed by atoms with van der Waals surface area (Å²) in [5.41, 5.74) is 3.98. The van der Waals surface area contributed by atoms with Crippen molar-refractivity contribution in [2.24, 2.45) is 5.14 Å². The molecule has 3 aromatic carbocycles. The number of ether oxygens (including phenoxy) is 2. The fourth-order valence-corrected chi connectivity index (χ4v) is 4.31. The minimum Gasteiger partial charge on any atom is -0.447 e. The molecule has 0 fully saturated rings. The number of hydrogen-bond acceptors (Lipinski definition) is 5. The van der Waals surface area contributed by atoms with Crippen molar-refractivity contribution in [3.05, 3.63) is 71.8 Å². The second-order valence-electron chi connectivity index (χ2n) is 7.21. The Kier molecular flexibility index (Phi) is 4.72. The number of primary sulfonamides is 1. The van der Waals surface area contributed by atoms with Crippen LogP contribution in [0.15, 0.2) is 65.6 Å². The molecule has 0 aromatic heterocycles. The number of sulfonamides is 1. The lowest BCUT2D eigenvalue weighted by atomic mass is 10.0. The van der Waals surface area contributed by atoms with Gasteiger partial charge in [-0.3, -0.25) is 0 Å². The van der Waals surface area contributed by atoms with Crippen LogP contribution in [0.3, 0.4) is 0 Å². The predicted molar refractivity (Wildman–Crippen MR) is 113 cm³/mol. The van der Waals surface area contributed by atoms with Crippen molar-refractivity contribution in [2.75, 3.05) is 19.0 Å². The number of rotatable bonds is 4. The van der Waals surface area contributed by atoms with Crippen molar-refractivity contribution in [3.63, 3.8) is 0 Å². The van der Waals surface area contributed by atoms with E-state index in [-0.39, 0.29) is 4.90 Å². The quantitative estimate of drug-likeness (QED) is 0.707. The number of hydrogen-bond donors (Lipinski definition) is 1. The molecule has 0 radical (unpaired) electrons. The number of fused-ring (bicyclic) bond motifs is 1. The first-order valence-corrected chi connectivity index (χ1v) is 10.7. The van der Waals surface area contributed by atoms with Crippen LogP contribution in [0.5, 0.6) is 11.5 Å². The van der Waals surface area contributed by atoms with Gasteiger partial charge in [0.25, 0.3) is 6.29 Å². The Morgan fingerprint density at radius 2 is 1.69 bits per heavy atom. The van der Waals surface area contributed by atoms with Crippen LogP contribution in [0.25, 0.3) is 11.1 Å². The first-order valence-electron chi connectivity index (χ1n) is 9.12. The van der Waals surface area contributed by atoms with E-state index in [2.05, 4.69) is 0 Å². The zero-order chi connectivity index (χ0) is 20.8. The molecule has 0 amide bonds. The lowest BCUT2D eigenvalue weighted by molar-refractivity contribution is 0.0489. The van der Waals surface area contributed by atoms with Gasteiger partial charge in [-0.05, 0) is 31.2 Å². The lowest BCUT2D eigenvalue weighted by Gasteiger charge is -2.21. The second-order valence-corrected chi connectivity index (χ2v) is 8.74. The van der Waals surface area contributed by atoms with E-state index in [4.69, 9.17) is 14.6 Å². The summed E-state index contributed by atoms with van der Waals surface area (Å²) in [6.45, 7) is 2.01. The molecule has 150 valence electrons. The van der Waals surface area contributed by atoms with Gasteiger partial charge in [0, 0.05) is 30.8 Å². The van der Waals surface area contributed by atoms with Gasteiger partial charge in [-0.25, -0.2) is 13.6 Å². The van der Waals surface area contributed by atoms with Gasteiger partial charge < -0.3 is 14.4 Å². The zero-order valence-corrected chi connectivity index (χ0v) is 17.2. The molecular formula is C22H22N2O4S. The summed E-state index contributed by atoms with van der Waals surface area (Å²) in [7, 11) is -0.133. The Labute approximate surface area is 170 Å². The van der Waals surface area contributed by atoms with Crippen molar-refractivity contribution in [1.82, 2.24) is 0 Å². The van der Waals surface area contributed by atoms with E-state index in [9.17, 15) is 8.42 Å². The molecule has 1 heterocycles. The topological polar surface area (TPSA) is 81.9 Å². The first-order chi connectivity index (χ1) is 13.8. The summed E-state index contributed by atoms with van der Waals surface area (Å²) in [4.78, 5) is 1.95. The summed E-state index contributed by atoms with van der Waals surface area (Å²) < 4.78 is 36.5. The molecule has 1 unspecified atom stereocenters. The molecule has 0 bridgehead atoms. The van der Waals surface area contributed by atoms with Gasteiger partial charge in [-0.15, -0.1) is 0 Å². The third kappa shape index (κ3) is 3.54. The molecule has 3 aromatic rings. The molecule has 1 aliphatic heterocycles. The molecule has 4 rings (SSSR count). The molecule has 0 saturated heterocycles. The van der Waals surface area contributed by atoms with E-state index in [0.29, 0.717) is 22.6 Å². The van der Waals surface area contributed by atoms with Gasteiger partial charge in [0.05, 0.1) is 10.6 Å². The average molecular weight is 410 g/mol. The highest BCUT2D eigenvalue weighted by atomic mass is 32.2. The predicted octanol–water partition coefficient (Wildman–Crippen LogP) is 3.85. The van der Waals surface area contributed by atoms with Crippen LogP contribution < -0.4 is 19.5 Å². The number of benzene rings is 3. The Morgan fingerprint density at radius 3 is 2.38 bits per heavy atom.